The highest BCUT2D eigenvalue weighted by atomic mass is 79.9. The minimum Gasteiger partial charge on any atom is -0.273 e. The van der Waals surface area contributed by atoms with E-state index in [1.54, 1.807) is 18.3 Å². The molecule has 0 bridgehead atoms. The van der Waals surface area contributed by atoms with Crippen molar-refractivity contribution in [3.8, 4) is 0 Å². The number of amides is 2. The highest BCUT2D eigenvalue weighted by molar-refractivity contribution is 9.07. The Morgan fingerprint density at radius 2 is 2.29 bits per heavy atom. The minimum atomic E-state index is -0.345. The standard InChI is InChI=1S/C11H12BrN3O2/c12-15(14-10(16)6-8-3-4-8)11(17)9-2-1-5-13-7-9/h1-2,5,7-8H,3-4,6H2,(H,14,16). The maximum Gasteiger partial charge on any atom is 0.284 e. The fourth-order valence-corrected chi connectivity index (χ4v) is 1.80. The molecule has 1 N–H and O–H groups in total. The Morgan fingerprint density at radius 3 is 2.88 bits per heavy atom. The number of hydrogen-bond acceptors (Lipinski definition) is 3. The summed E-state index contributed by atoms with van der Waals surface area (Å²) in [4.78, 5) is 27.1. The van der Waals surface area contributed by atoms with E-state index in [9.17, 15) is 9.59 Å². The summed E-state index contributed by atoms with van der Waals surface area (Å²) in [6.45, 7) is 0. The van der Waals surface area contributed by atoms with Crippen LogP contribution in [-0.4, -0.2) is 20.8 Å². The van der Waals surface area contributed by atoms with Crippen LogP contribution in [0.15, 0.2) is 24.5 Å². The molecule has 0 atom stereocenters. The maximum atomic E-state index is 11.8. The van der Waals surface area contributed by atoms with Gasteiger partial charge in [-0.15, -0.1) is 0 Å². The quantitative estimate of drug-likeness (QED) is 0.682. The van der Waals surface area contributed by atoms with Crippen molar-refractivity contribution in [2.45, 2.75) is 19.3 Å². The third-order valence-corrected chi connectivity index (χ3v) is 2.98. The number of rotatable bonds is 3. The molecule has 1 heterocycles. The van der Waals surface area contributed by atoms with Gasteiger partial charge in [0.2, 0.25) is 5.91 Å². The van der Waals surface area contributed by atoms with Gasteiger partial charge in [-0.1, -0.05) is 0 Å². The number of aromatic nitrogens is 1. The van der Waals surface area contributed by atoms with Gasteiger partial charge in [0.1, 0.15) is 0 Å². The molecule has 2 rings (SSSR count). The van der Waals surface area contributed by atoms with E-state index in [-0.39, 0.29) is 11.8 Å². The molecule has 1 aromatic heterocycles. The number of halogens is 1. The number of pyridine rings is 1. The average molecular weight is 298 g/mol. The zero-order valence-corrected chi connectivity index (χ0v) is 10.7. The molecule has 0 unspecified atom stereocenters. The second kappa shape index (κ2) is 5.27. The summed E-state index contributed by atoms with van der Waals surface area (Å²) < 4.78 is 1.02. The van der Waals surface area contributed by atoms with E-state index >= 15 is 0 Å². The Balaban J connectivity index is 1.88. The first-order valence-corrected chi connectivity index (χ1v) is 6.07. The Hall–Kier alpha value is -1.43. The van der Waals surface area contributed by atoms with Crippen LogP contribution in [0.5, 0.6) is 0 Å². The van der Waals surface area contributed by atoms with E-state index in [2.05, 4.69) is 26.6 Å². The predicted octanol–water partition coefficient (Wildman–Crippen LogP) is 1.67. The lowest BCUT2D eigenvalue weighted by Gasteiger charge is -2.15. The lowest BCUT2D eigenvalue weighted by Crippen LogP contribution is -2.39. The molecule has 5 nitrogen and oxygen atoms in total. The van der Waals surface area contributed by atoms with Crippen LogP contribution in [0.4, 0.5) is 0 Å². The summed E-state index contributed by atoms with van der Waals surface area (Å²) in [5.41, 5.74) is 2.90. The average Bonchev–Trinajstić information content (AvgIpc) is 3.12. The number of nitrogens with zero attached hydrogens (tertiary/aromatic N) is 2. The summed E-state index contributed by atoms with van der Waals surface area (Å²) in [6.07, 6.45) is 5.71. The SMILES string of the molecule is O=C(CC1CC1)NN(Br)C(=O)c1cccnc1. The minimum absolute atomic E-state index is 0.151. The Labute approximate surface area is 108 Å². The predicted molar refractivity (Wildman–Crippen MR) is 64.8 cm³/mol. The zero-order valence-electron chi connectivity index (χ0n) is 9.10. The van der Waals surface area contributed by atoms with Crippen molar-refractivity contribution < 1.29 is 9.59 Å². The molecule has 1 aliphatic rings. The molecule has 2 amide bonds. The molecule has 1 aliphatic carbocycles. The van der Waals surface area contributed by atoms with E-state index in [4.69, 9.17) is 0 Å². The van der Waals surface area contributed by atoms with Crippen LogP contribution < -0.4 is 5.43 Å². The largest absolute Gasteiger partial charge is 0.284 e. The normalized spacial score (nSPS) is 14.2. The molecule has 0 aromatic carbocycles. The third kappa shape index (κ3) is 3.52. The van der Waals surface area contributed by atoms with Crippen molar-refractivity contribution in [2.24, 2.45) is 5.92 Å². The van der Waals surface area contributed by atoms with Crippen molar-refractivity contribution in [3.05, 3.63) is 30.1 Å². The monoisotopic (exact) mass is 297 g/mol. The summed E-state index contributed by atoms with van der Waals surface area (Å²) in [5.74, 6) is -0.00624. The van der Waals surface area contributed by atoms with Crippen LogP contribution in [-0.2, 0) is 4.79 Å². The Kier molecular flexibility index (Phi) is 3.73. The fraction of sp³-hybridized carbons (Fsp3) is 0.364. The van der Waals surface area contributed by atoms with Gasteiger partial charge in [0.15, 0.2) is 0 Å². The highest BCUT2D eigenvalue weighted by Crippen LogP contribution is 2.32. The highest BCUT2D eigenvalue weighted by Gasteiger charge is 2.25. The molecule has 1 fully saturated rings. The van der Waals surface area contributed by atoms with E-state index in [1.165, 1.54) is 6.20 Å². The number of nitrogens with one attached hydrogen (secondary N) is 1. The van der Waals surface area contributed by atoms with Gasteiger partial charge in [-0.05, 0) is 30.9 Å². The molecular weight excluding hydrogens is 286 g/mol. The van der Waals surface area contributed by atoms with Crippen molar-refractivity contribution in [1.29, 1.82) is 0 Å². The lowest BCUT2D eigenvalue weighted by atomic mass is 10.3. The van der Waals surface area contributed by atoms with Crippen molar-refractivity contribution in [3.63, 3.8) is 0 Å². The van der Waals surface area contributed by atoms with E-state index in [0.29, 0.717) is 17.9 Å². The molecule has 0 aliphatic heterocycles. The van der Waals surface area contributed by atoms with Gasteiger partial charge in [0.25, 0.3) is 5.91 Å². The van der Waals surface area contributed by atoms with Gasteiger partial charge in [-0.3, -0.25) is 20.0 Å². The van der Waals surface area contributed by atoms with Gasteiger partial charge < -0.3 is 0 Å². The Morgan fingerprint density at radius 1 is 1.53 bits per heavy atom. The molecule has 6 heteroatoms. The second-order valence-corrected chi connectivity index (χ2v) is 4.72. The molecule has 17 heavy (non-hydrogen) atoms. The van der Waals surface area contributed by atoms with E-state index in [0.717, 1.165) is 16.9 Å². The summed E-state index contributed by atoms with van der Waals surface area (Å²) in [6, 6.07) is 3.30. The third-order valence-electron chi connectivity index (χ3n) is 2.48. The summed E-state index contributed by atoms with van der Waals surface area (Å²) in [5, 5.41) is 0. The maximum absolute atomic E-state index is 11.8. The molecule has 0 radical (unpaired) electrons. The summed E-state index contributed by atoms with van der Waals surface area (Å²) in [7, 11) is 0. The molecule has 0 saturated heterocycles. The number of hydrogen-bond donors (Lipinski definition) is 1. The van der Waals surface area contributed by atoms with Crippen LogP contribution in [0, 0.1) is 5.92 Å². The number of carbonyl (C=O) groups excluding carboxylic acids is 2. The number of hydrazine groups is 1. The van der Waals surface area contributed by atoms with Gasteiger partial charge in [0.05, 0.1) is 21.7 Å². The Bertz CT molecular complexity index is 420. The first-order valence-electron chi connectivity index (χ1n) is 5.36. The molecule has 90 valence electrons. The van der Waals surface area contributed by atoms with E-state index in [1.807, 2.05) is 0 Å². The lowest BCUT2D eigenvalue weighted by molar-refractivity contribution is -0.123. The van der Waals surface area contributed by atoms with Crippen LogP contribution in [0.1, 0.15) is 29.6 Å². The van der Waals surface area contributed by atoms with Crippen molar-refractivity contribution >= 4 is 28.0 Å². The van der Waals surface area contributed by atoms with Crippen LogP contribution in [0.3, 0.4) is 0 Å². The van der Waals surface area contributed by atoms with E-state index < -0.39 is 0 Å². The van der Waals surface area contributed by atoms with Crippen molar-refractivity contribution in [2.75, 3.05) is 0 Å². The first kappa shape index (κ1) is 12.0. The molecule has 0 spiro atoms. The van der Waals surface area contributed by atoms with Crippen LogP contribution in [0.25, 0.3) is 0 Å². The van der Waals surface area contributed by atoms with Gasteiger partial charge in [-0.2, -0.15) is 4.03 Å². The van der Waals surface area contributed by atoms with Crippen LogP contribution in [0.2, 0.25) is 0 Å². The molecule has 1 aromatic rings. The first-order chi connectivity index (χ1) is 8.16. The van der Waals surface area contributed by atoms with Gasteiger partial charge >= 0.3 is 0 Å². The van der Waals surface area contributed by atoms with Gasteiger partial charge in [0, 0.05) is 18.8 Å². The van der Waals surface area contributed by atoms with Crippen LogP contribution >= 0.6 is 16.1 Å². The topological polar surface area (TPSA) is 62.3 Å². The van der Waals surface area contributed by atoms with Gasteiger partial charge in [-0.25, -0.2) is 0 Å². The fourth-order valence-electron chi connectivity index (χ4n) is 1.39. The molecule has 1 saturated carbocycles. The zero-order chi connectivity index (χ0) is 12.3. The smallest absolute Gasteiger partial charge is 0.273 e. The second-order valence-electron chi connectivity index (χ2n) is 4.01. The number of carbonyl (C=O) groups is 2. The van der Waals surface area contributed by atoms with Crippen molar-refractivity contribution in [1.82, 2.24) is 14.4 Å². The summed E-state index contributed by atoms with van der Waals surface area (Å²) >= 11 is 3.02. The molecular formula is C11H12BrN3O2.